The molecule has 1 spiro atoms. The molecule has 12 heteroatoms. The van der Waals surface area contributed by atoms with Crippen molar-refractivity contribution in [2.75, 3.05) is 47.4 Å². The summed E-state index contributed by atoms with van der Waals surface area (Å²) in [6.07, 6.45) is -0.575. The number of ether oxygens (including phenoxy) is 1. The molecule has 1 saturated carbocycles. The number of benzene rings is 1. The quantitative estimate of drug-likeness (QED) is 0.468. The number of aliphatic carboxylic acids is 2. The zero-order valence-corrected chi connectivity index (χ0v) is 21.5. The summed E-state index contributed by atoms with van der Waals surface area (Å²) in [5.74, 6) is -3.62. The molecule has 0 aromatic heterocycles. The van der Waals surface area contributed by atoms with E-state index in [0.717, 1.165) is 32.1 Å². The third-order valence-corrected chi connectivity index (χ3v) is 7.30. The van der Waals surface area contributed by atoms with Gasteiger partial charge in [-0.2, -0.15) is 13.2 Å². The van der Waals surface area contributed by atoms with Crippen LogP contribution in [-0.2, 0) is 19.9 Å². The molecule has 0 atom stereocenters. The van der Waals surface area contributed by atoms with E-state index in [1.807, 2.05) is 11.0 Å². The van der Waals surface area contributed by atoms with Gasteiger partial charge in [0.2, 0.25) is 0 Å². The zero-order valence-electron chi connectivity index (χ0n) is 21.5. The van der Waals surface area contributed by atoms with E-state index in [-0.39, 0.29) is 30.1 Å². The largest absolute Gasteiger partial charge is 0.490 e. The fraction of sp³-hybridized carbons (Fsp3) is 0.640. The molecule has 2 N–H and O–H groups in total. The number of halogens is 3. The van der Waals surface area contributed by atoms with Crippen molar-refractivity contribution in [3.8, 4) is 0 Å². The SMILES string of the molecule is COCCCN1C(=O)N(CCC(=O)O)C[C@]12CC[C@@](c1ccccc1)(N(C)C)CC2.O=C(O)C(F)(F)F. The second-order valence-corrected chi connectivity index (χ2v) is 9.67. The van der Waals surface area contributed by atoms with E-state index in [4.69, 9.17) is 19.7 Å². The van der Waals surface area contributed by atoms with E-state index < -0.39 is 18.1 Å². The van der Waals surface area contributed by atoms with Gasteiger partial charge in [-0.1, -0.05) is 30.3 Å². The third-order valence-electron chi connectivity index (χ3n) is 7.30. The van der Waals surface area contributed by atoms with Crippen LogP contribution < -0.4 is 0 Å². The summed E-state index contributed by atoms with van der Waals surface area (Å²) in [5.41, 5.74) is 1.06. The van der Waals surface area contributed by atoms with Gasteiger partial charge in [0, 0.05) is 38.9 Å². The number of hydrogen-bond acceptors (Lipinski definition) is 5. The average molecular weight is 532 g/mol. The highest BCUT2D eigenvalue weighted by atomic mass is 19.4. The van der Waals surface area contributed by atoms with Crippen LogP contribution in [-0.4, -0.2) is 102 Å². The topological polar surface area (TPSA) is 111 Å². The second kappa shape index (κ2) is 12.6. The van der Waals surface area contributed by atoms with E-state index in [2.05, 4.69) is 43.3 Å². The van der Waals surface area contributed by atoms with Gasteiger partial charge in [-0.3, -0.25) is 9.69 Å². The van der Waals surface area contributed by atoms with E-state index in [9.17, 15) is 22.8 Å². The summed E-state index contributed by atoms with van der Waals surface area (Å²) in [7, 11) is 5.95. The minimum absolute atomic E-state index is 0.0145. The van der Waals surface area contributed by atoms with Crippen molar-refractivity contribution < 1.29 is 42.5 Å². The summed E-state index contributed by atoms with van der Waals surface area (Å²) in [6, 6.07) is 10.6. The van der Waals surface area contributed by atoms with E-state index >= 15 is 0 Å². The molecule has 208 valence electrons. The van der Waals surface area contributed by atoms with Crippen LogP contribution in [0.2, 0.25) is 0 Å². The van der Waals surface area contributed by atoms with E-state index in [1.165, 1.54) is 5.56 Å². The summed E-state index contributed by atoms with van der Waals surface area (Å²) in [5, 5.41) is 16.2. The van der Waals surface area contributed by atoms with Crippen molar-refractivity contribution >= 4 is 18.0 Å². The number of rotatable bonds is 9. The first-order valence-electron chi connectivity index (χ1n) is 12.1. The average Bonchev–Trinajstić information content (AvgIpc) is 3.09. The second-order valence-electron chi connectivity index (χ2n) is 9.67. The van der Waals surface area contributed by atoms with Gasteiger partial charge in [0.05, 0.1) is 12.0 Å². The molecule has 3 rings (SSSR count). The van der Waals surface area contributed by atoms with Crippen LogP contribution >= 0.6 is 0 Å². The summed E-state index contributed by atoms with van der Waals surface area (Å²) < 4.78 is 36.9. The Bertz CT molecular complexity index is 918. The maximum absolute atomic E-state index is 13.2. The number of carboxylic acids is 2. The maximum atomic E-state index is 13.2. The van der Waals surface area contributed by atoms with Gasteiger partial charge < -0.3 is 24.7 Å². The Kier molecular flexibility index (Phi) is 10.3. The Morgan fingerprint density at radius 2 is 1.62 bits per heavy atom. The summed E-state index contributed by atoms with van der Waals surface area (Å²) in [4.78, 5) is 39.2. The van der Waals surface area contributed by atoms with Crippen LogP contribution in [0, 0.1) is 0 Å². The lowest BCUT2D eigenvalue weighted by atomic mass is 9.68. The highest BCUT2D eigenvalue weighted by Gasteiger charge is 2.54. The first-order chi connectivity index (χ1) is 17.3. The molecule has 0 radical (unpaired) electrons. The van der Waals surface area contributed by atoms with Crippen molar-refractivity contribution in [3.05, 3.63) is 35.9 Å². The molecule has 1 saturated heterocycles. The van der Waals surface area contributed by atoms with Crippen LogP contribution in [0.3, 0.4) is 0 Å². The van der Waals surface area contributed by atoms with Gasteiger partial charge in [-0.25, -0.2) is 9.59 Å². The third kappa shape index (κ3) is 7.35. The molecule has 1 aliphatic carbocycles. The Hall–Kier alpha value is -2.86. The number of carboxylic acid groups (broad SMARTS) is 2. The number of amides is 2. The van der Waals surface area contributed by atoms with Crippen LogP contribution in [0.1, 0.15) is 44.1 Å². The van der Waals surface area contributed by atoms with Crippen LogP contribution in [0.5, 0.6) is 0 Å². The molecular formula is C25H36F3N3O6. The molecule has 9 nitrogen and oxygen atoms in total. The van der Waals surface area contributed by atoms with E-state index in [0.29, 0.717) is 19.7 Å². The molecule has 0 bridgehead atoms. The van der Waals surface area contributed by atoms with Crippen LogP contribution in [0.15, 0.2) is 30.3 Å². The van der Waals surface area contributed by atoms with Gasteiger partial charge in [0.25, 0.3) is 0 Å². The van der Waals surface area contributed by atoms with Gasteiger partial charge in [0.1, 0.15) is 0 Å². The molecule has 0 unspecified atom stereocenters. The first kappa shape index (κ1) is 30.4. The van der Waals surface area contributed by atoms with Crippen molar-refractivity contribution in [1.82, 2.24) is 14.7 Å². The molecule has 2 amide bonds. The number of alkyl halides is 3. The smallest absolute Gasteiger partial charge is 0.481 e. The Morgan fingerprint density at radius 1 is 1.05 bits per heavy atom. The maximum Gasteiger partial charge on any atom is 0.490 e. The zero-order chi connectivity index (χ0) is 27.9. The van der Waals surface area contributed by atoms with Gasteiger partial charge in [-0.05, 0) is 51.8 Å². The molecule has 2 fully saturated rings. The Morgan fingerprint density at radius 3 is 2.08 bits per heavy atom. The minimum Gasteiger partial charge on any atom is -0.481 e. The predicted octanol–water partition coefficient (Wildman–Crippen LogP) is 3.64. The number of methoxy groups -OCH3 is 1. The van der Waals surface area contributed by atoms with E-state index in [1.54, 1.807) is 12.0 Å². The van der Waals surface area contributed by atoms with Crippen molar-refractivity contribution in [1.29, 1.82) is 0 Å². The van der Waals surface area contributed by atoms with Crippen LogP contribution in [0.25, 0.3) is 0 Å². The highest BCUT2D eigenvalue weighted by Crippen LogP contribution is 2.48. The lowest BCUT2D eigenvalue weighted by molar-refractivity contribution is -0.192. The van der Waals surface area contributed by atoms with Gasteiger partial charge >= 0.3 is 24.1 Å². The Labute approximate surface area is 214 Å². The molecule has 2 aliphatic rings. The fourth-order valence-electron chi connectivity index (χ4n) is 5.29. The standard InChI is InChI=1S/C23H35N3O4.C2HF3O2/c1-24(2)23(19-8-5-4-6-9-19)13-11-22(12-14-23)18-25(16-10-20(27)28)21(29)26(22)15-7-17-30-3;3-2(4,5)1(6)7/h4-6,8-9H,7,10-18H2,1-3H3,(H,27,28);(H,6,7)/t22-,23-;. The first-order valence-corrected chi connectivity index (χ1v) is 12.1. The highest BCUT2D eigenvalue weighted by molar-refractivity contribution is 5.79. The molecule has 1 aromatic rings. The molecule has 1 heterocycles. The minimum atomic E-state index is -5.08. The van der Waals surface area contributed by atoms with Gasteiger partial charge in [0.15, 0.2) is 0 Å². The lowest BCUT2D eigenvalue weighted by Crippen LogP contribution is -2.55. The van der Waals surface area contributed by atoms with Crippen molar-refractivity contribution in [2.24, 2.45) is 0 Å². The number of nitrogens with zero attached hydrogens (tertiary/aromatic N) is 3. The summed E-state index contributed by atoms with van der Waals surface area (Å²) >= 11 is 0. The Balaban J connectivity index is 0.000000604. The summed E-state index contributed by atoms with van der Waals surface area (Å²) in [6.45, 7) is 2.15. The van der Waals surface area contributed by atoms with Crippen molar-refractivity contribution in [3.63, 3.8) is 0 Å². The monoisotopic (exact) mass is 531 g/mol. The molecule has 1 aliphatic heterocycles. The molecular weight excluding hydrogens is 495 g/mol. The van der Waals surface area contributed by atoms with Crippen LogP contribution in [0.4, 0.5) is 18.0 Å². The predicted molar refractivity (Wildman–Crippen MR) is 129 cm³/mol. The normalized spacial score (nSPS) is 23.8. The fourth-order valence-corrected chi connectivity index (χ4v) is 5.29. The molecule has 37 heavy (non-hydrogen) atoms. The van der Waals surface area contributed by atoms with Crippen molar-refractivity contribution in [2.45, 2.75) is 55.8 Å². The molecule has 1 aromatic carbocycles. The number of urea groups is 1. The number of hydrogen-bond donors (Lipinski definition) is 2. The van der Waals surface area contributed by atoms with Gasteiger partial charge in [-0.15, -0.1) is 0 Å². The number of carbonyl (C=O) groups excluding carboxylic acids is 1. The lowest BCUT2D eigenvalue weighted by Gasteiger charge is -2.51. The number of carbonyl (C=O) groups is 3.